The molecule has 1 amide bonds. The fourth-order valence-electron chi connectivity index (χ4n) is 4.57. The van der Waals surface area contributed by atoms with E-state index in [1.54, 1.807) is 0 Å². The second-order valence-corrected chi connectivity index (χ2v) is 8.51. The molecule has 1 saturated carbocycles. The second-order valence-electron chi connectivity index (χ2n) is 8.51. The number of nitrogens with one attached hydrogen (secondary N) is 2. The van der Waals surface area contributed by atoms with Crippen molar-refractivity contribution in [1.82, 2.24) is 25.6 Å². The van der Waals surface area contributed by atoms with Crippen LogP contribution in [0.15, 0.2) is 9.52 Å². The number of hydrogen-bond donors (Lipinski definition) is 2. The molecule has 1 saturated heterocycles. The molecule has 0 atom stereocenters. The summed E-state index contributed by atoms with van der Waals surface area (Å²) in [5.74, 6) is 2.44. The van der Waals surface area contributed by atoms with E-state index in [9.17, 15) is 4.79 Å². The Bertz CT molecular complexity index is 703. The standard InChI is InChI=1S/C23H40N6O2.HI/c1-4-20-19(21(5-2)31-27-20)17-26-23(24-6-3)25-11-12-28-13-15-29(16-14-28)22(30)18-9-7-8-10-18;/h18H,4-17H2,1-3H3,(H2,24,25,26);1H. The van der Waals surface area contributed by atoms with Crippen LogP contribution in [0.3, 0.4) is 0 Å². The topological polar surface area (TPSA) is 86.0 Å². The first kappa shape index (κ1) is 26.9. The van der Waals surface area contributed by atoms with Crippen LogP contribution in [0.5, 0.6) is 0 Å². The van der Waals surface area contributed by atoms with E-state index >= 15 is 0 Å². The summed E-state index contributed by atoms with van der Waals surface area (Å²) in [5, 5.41) is 11.0. The molecular weight excluding hydrogens is 519 g/mol. The number of hydrogen-bond acceptors (Lipinski definition) is 5. The van der Waals surface area contributed by atoms with E-state index in [2.05, 4.69) is 46.4 Å². The Kier molecular flexibility index (Phi) is 11.8. The monoisotopic (exact) mass is 560 g/mol. The van der Waals surface area contributed by atoms with E-state index < -0.39 is 0 Å². The molecule has 2 aliphatic rings. The number of carbonyl (C=O) groups excluding carboxylic acids is 1. The molecule has 0 unspecified atom stereocenters. The number of aliphatic imine (C=N–C) groups is 1. The minimum absolute atomic E-state index is 0. The van der Waals surface area contributed by atoms with E-state index in [0.717, 1.165) is 94.5 Å². The van der Waals surface area contributed by atoms with Gasteiger partial charge in [0.05, 0.1) is 12.2 Å². The lowest BCUT2D eigenvalue weighted by Gasteiger charge is -2.36. The van der Waals surface area contributed by atoms with E-state index in [1.807, 2.05) is 0 Å². The van der Waals surface area contributed by atoms with Gasteiger partial charge in [0.1, 0.15) is 5.76 Å². The predicted molar refractivity (Wildman–Crippen MR) is 138 cm³/mol. The van der Waals surface area contributed by atoms with E-state index in [1.165, 1.54) is 12.8 Å². The van der Waals surface area contributed by atoms with E-state index in [0.29, 0.717) is 18.4 Å². The Morgan fingerprint density at radius 1 is 1.09 bits per heavy atom. The lowest BCUT2D eigenvalue weighted by molar-refractivity contribution is -0.137. The first-order valence-corrected chi connectivity index (χ1v) is 12.2. The zero-order chi connectivity index (χ0) is 22.1. The number of guanidine groups is 1. The molecule has 9 heteroatoms. The highest BCUT2D eigenvalue weighted by Crippen LogP contribution is 2.26. The maximum atomic E-state index is 12.6. The molecule has 1 aromatic heterocycles. The summed E-state index contributed by atoms with van der Waals surface area (Å²) in [6.07, 6.45) is 6.29. The van der Waals surface area contributed by atoms with Crippen molar-refractivity contribution in [2.45, 2.75) is 65.8 Å². The Labute approximate surface area is 210 Å². The van der Waals surface area contributed by atoms with Crippen molar-refractivity contribution in [3.63, 3.8) is 0 Å². The SMILES string of the molecule is CCNC(=NCc1c(CC)noc1CC)NCCN1CCN(C(=O)C2CCCC2)CC1.I. The molecule has 1 aliphatic heterocycles. The number of amides is 1. The van der Waals surface area contributed by atoms with Gasteiger partial charge in [-0.15, -0.1) is 24.0 Å². The van der Waals surface area contributed by atoms with Gasteiger partial charge in [0.15, 0.2) is 5.96 Å². The fraction of sp³-hybridized carbons (Fsp3) is 0.783. The molecule has 0 radical (unpaired) electrons. The van der Waals surface area contributed by atoms with Crippen molar-refractivity contribution in [3.05, 3.63) is 17.0 Å². The Morgan fingerprint density at radius 3 is 2.44 bits per heavy atom. The maximum Gasteiger partial charge on any atom is 0.225 e. The number of piperazine rings is 1. The van der Waals surface area contributed by atoms with Crippen LogP contribution in [0.2, 0.25) is 0 Å². The van der Waals surface area contributed by atoms with Crippen LogP contribution in [-0.4, -0.2) is 72.6 Å². The highest BCUT2D eigenvalue weighted by atomic mass is 127. The lowest BCUT2D eigenvalue weighted by Crippen LogP contribution is -2.51. The molecule has 8 nitrogen and oxygen atoms in total. The van der Waals surface area contributed by atoms with Crippen molar-refractivity contribution >= 4 is 35.8 Å². The van der Waals surface area contributed by atoms with Gasteiger partial charge in [0.25, 0.3) is 0 Å². The third-order valence-corrected chi connectivity index (χ3v) is 6.46. The van der Waals surface area contributed by atoms with Gasteiger partial charge in [-0.05, 0) is 26.2 Å². The summed E-state index contributed by atoms with van der Waals surface area (Å²) in [6, 6.07) is 0. The first-order valence-electron chi connectivity index (χ1n) is 12.2. The Morgan fingerprint density at radius 2 is 1.81 bits per heavy atom. The van der Waals surface area contributed by atoms with Crippen molar-refractivity contribution in [2.75, 3.05) is 45.8 Å². The third-order valence-electron chi connectivity index (χ3n) is 6.46. The average molecular weight is 561 g/mol. The predicted octanol–water partition coefficient (Wildman–Crippen LogP) is 2.81. The summed E-state index contributed by atoms with van der Waals surface area (Å²) in [4.78, 5) is 21.9. The molecule has 32 heavy (non-hydrogen) atoms. The highest BCUT2D eigenvalue weighted by Gasteiger charge is 2.29. The minimum atomic E-state index is 0. The Balaban J connectivity index is 0.00000363. The molecule has 0 aromatic carbocycles. The van der Waals surface area contributed by atoms with Gasteiger partial charge in [0.2, 0.25) is 5.91 Å². The smallest absolute Gasteiger partial charge is 0.225 e. The molecule has 3 rings (SSSR count). The quantitative estimate of drug-likeness (QED) is 0.275. The number of aromatic nitrogens is 1. The van der Waals surface area contributed by atoms with Gasteiger partial charge in [-0.1, -0.05) is 31.8 Å². The van der Waals surface area contributed by atoms with Crippen LogP contribution in [0, 0.1) is 5.92 Å². The molecule has 0 bridgehead atoms. The summed E-state index contributed by atoms with van der Waals surface area (Å²) in [6.45, 7) is 13.0. The van der Waals surface area contributed by atoms with Crippen LogP contribution in [0.4, 0.5) is 0 Å². The first-order chi connectivity index (χ1) is 15.2. The van der Waals surface area contributed by atoms with Gasteiger partial charge >= 0.3 is 0 Å². The van der Waals surface area contributed by atoms with Gasteiger partial charge in [-0.3, -0.25) is 9.69 Å². The largest absolute Gasteiger partial charge is 0.361 e. The zero-order valence-electron chi connectivity index (χ0n) is 20.0. The number of aryl methyl sites for hydroxylation is 2. The molecule has 2 N–H and O–H groups in total. The summed E-state index contributed by atoms with van der Waals surface area (Å²) in [7, 11) is 0. The van der Waals surface area contributed by atoms with Crippen LogP contribution in [0.1, 0.15) is 63.5 Å². The van der Waals surface area contributed by atoms with E-state index in [-0.39, 0.29) is 24.0 Å². The minimum Gasteiger partial charge on any atom is -0.361 e. The average Bonchev–Trinajstić information content (AvgIpc) is 3.47. The van der Waals surface area contributed by atoms with Crippen molar-refractivity contribution in [1.29, 1.82) is 0 Å². The zero-order valence-corrected chi connectivity index (χ0v) is 22.3. The molecule has 0 spiro atoms. The number of nitrogens with zero attached hydrogens (tertiary/aromatic N) is 4. The van der Waals surface area contributed by atoms with Crippen molar-refractivity contribution in [2.24, 2.45) is 10.9 Å². The summed E-state index contributed by atoms with van der Waals surface area (Å²) < 4.78 is 5.45. The van der Waals surface area contributed by atoms with Gasteiger partial charge in [0, 0.05) is 63.7 Å². The van der Waals surface area contributed by atoms with E-state index in [4.69, 9.17) is 9.52 Å². The number of halogens is 1. The molecule has 1 aliphatic carbocycles. The van der Waals surface area contributed by atoms with Gasteiger partial charge in [-0.25, -0.2) is 4.99 Å². The van der Waals surface area contributed by atoms with Crippen LogP contribution in [-0.2, 0) is 24.2 Å². The number of rotatable bonds is 9. The molecule has 1 aromatic rings. The second kappa shape index (κ2) is 14.0. The summed E-state index contributed by atoms with van der Waals surface area (Å²) in [5.41, 5.74) is 2.12. The lowest BCUT2D eigenvalue weighted by atomic mass is 10.1. The highest BCUT2D eigenvalue weighted by molar-refractivity contribution is 14.0. The third kappa shape index (κ3) is 7.33. The number of carbonyl (C=O) groups is 1. The van der Waals surface area contributed by atoms with Crippen LogP contribution < -0.4 is 10.6 Å². The van der Waals surface area contributed by atoms with Crippen LogP contribution in [0.25, 0.3) is 0 Å². The van der Waals surface area contributed by atoms with Crippen molar-refractivity contribution in [3.8, 4) is 0 Å². The Hall–Kier alpha value is -1.36. The maximum absolute atomic E-state index is 12.6. The molecule has 182 valence electrons. The molecule has 2 fully saturated rings. The van der Waals surface area contributed by atoms with Gasteiger partial charge in [-0.2, -0.15) is 0 Å². The molecule has 2 heterocycles. The fourth-order valence-corrected chi connectivity index (χ4v) is 4.57. The normalized spacial score (nSPS) is 18.0. The van der Waals surface area contributed by atoms with Crippen LogP contribution >= 0.6 is 24.0 Å². The molecular formula is C23H41IN6O2. The summed E-state index contributed by atoms with van der Waals surface area (Å²) >= 11 is 0. The van der Waals surface area contributed by atoms with Crippen molar-refractivity contribution < 1.29 is 9.32 Å². The van der Waals surface area contributed by atoms with Gasteiger partial charge < -0.3 is 20.1 Å².